The fourth-order valence-electron chi connectivity index (χ4n) is 3.01. The summed E-state index contributed by atoms with van der Waals surface area (Å²) < 4.78 is 27.7. The molecule has 0 fully saturated rings. The third kappa shape index (κ3) is 5.49. The molecule has 1 amide bonds. The highest BCUT2D eigenvalue weighted by atomic mass is 16.5. The molecule has 1 unspecified atom stereocenters. The molecule has 0 aliphatic carbocycles. The van der Waals surface area contributed by atoms with E-state index in [0.29, 0.717) is 54.1 Å². The summed E-state index contributed by atoms with van der Waals surface area (Å²) >= 11 is 0. The smallest absolute Gasteiger partial charge is 0.252 e. The molecule has 0 aliphatic rings. The van der Waals surface area contributed by atoms with Gasteiger partial charge in [0.25, 0.3) is 5.91 Å². The summed E-state index contributed by atoms with van der Waals surface area (Å²) in [4.78, 5) is 13.0. The first-order valence-corrected chi connectivity index (χ1v) is 10.1. The van der Waals surface area contributed by atoms with Crippen LogP contribution in [0.1, 0.15) is 49.7 Å². The summed E-state index contributed by atoms with van der Waals surface area (Å²) in [7, 11) is 3.16. The van der Waals surface area contributed by atoms with Crippen LogP contribution in [0, 0.1) is 0 Å². The van der Waals surface area contributed by atoms with Crippen molar-refractivity contribution in [1.29, 1.82) is 0 Å². The van der Waals surface area contributed by atoms with E-state index in [1.165, 1.54) is 0 Å². The molecule has 7 nitrogen and oxygen atoms in total. The molecular weight excluding hydrogens is 386 g/mol. The number of hydrogen-bond acceptors (Lipinski definition) is 6. The highest BCUT2D eigenvalue weighted by molar-refractivity contribution is 5.96. The Balaban J connectivity index is 2.31. The molecule has 2 aromatic carbocycles. The normalized spacial score (nSPS) is 11.4. The number of rotatable bonds is 11. The lowest BCUT2D eigenvalue weighted by atomic mass is 10.1. The van der Waals surface area contributed by atoms with Gasteiger partial charge in [-0.2, -0.15) is 0 Å². The van der Waals surface area contributed by atoms with Gasteiger partial charge in [-0.3, -0.25) is 4.79 Å². The molecule has 30 heavy (non-hydrogen) atoms. The lowest BCUT2D eigenvalue weighted by Gasteiger charge is -2.19. The standard InChI is InChI=1S/C23H31NO6/c1-7-28-20-13-17(14-21(29-8-2)22(20)30-9-3)23(25)24-15(4)16-10-11-18(26-5)19(12-16)27-6/h10-15H,7-9H2,1-6H3,(H,24,25). The fourth-order valence-corrected chi connectivity index (χ4v) is 3.01. The third-order valence-electron chi connectivity index (χ3n) is 4.43. The quantitative estimate of drug-likeness (QED) is 0.584. The van der Waals surface area contributed by atoms with Crippen LogP contribution in [0.5, 0.6) is 28.7 Å². The molecule has 2 rings (SSSR count). The van der Waals surface area contributed by atoms with E-state index in [2.05, 4.69) is 5.32 Å². The number of benzene rings is 2. The predicted octanol–water partition coefficient (Wildman–Crippen LogP) is 4.39. The second-order valence-electron chi connectivity index (χ2n) is 6.41. The lowest BCUT2D eigenvalue weighted by Crippen LogP contribution is -2.26. The summed E-state index contributed by atoms with van der Waals surface area (Å²) in [5.74, 6) is 2.46. The van der Waals surface area contributed by atoms with Crippen molar-refractivity contribution < 1.29 is 28.5 Å². The molecular formula is C23H31NO6. The summed E-state index contributed by atoms with van der Waals surface area (Å²) in [5.41, 5.74) is 1.32. The summed E-state index contributed by atoms with van der Waals surface area (Å²) in [6.07, 6.45) is 0. The molecule has 0 saturated carbocycles. The van der Waals surface area contributed by atoms with Gasteiger partial charge in [-0.05, 0) is 57.5 Å². The van der Waals surface area contributed by atoms with Crippen molar-refractivity contribution >= 4 is 5.91 Å². The van der Waals surface area contributed by atoms with E-state index in [9.17, 15) is 4.79 Å². The van der Waals surface area contributed by atoms with E-state index in [1.807, 2.05) is 45.9 Å². The Bertz CT molecular complexity index is 825. The number of carbonyl (C=O) groups is 1. The van der Waals surface area contributed by atoms with Crippen LogP contribution in [0.4, 0.5) is 0 Å². The molecule has 0 aliphatic heterocycles. The fraction of sp³-hybridized carbons (Fsp3) is 0.435. The molecule has 0 spiro atoms. The van der Waals surface area contributed by atoms with E-state index >= 15 is 0 Å². The largest absolute Gasteiger partial charge is 0.493 e. The SMILES string of the molecule is CCOc1cc(C(=O)NC(C)c2ccc(OC)c(OC)c2)cc(OCC)c1OCC. The van der Waals surface area contributed by atoms with Crippen molar-refractivity contribution in [2.45, 2.75) is 33.7 Å². The Morgan fingerprint density at radius 1 is 0.833 bits per heavy atom. The Kier molecular flexibility index (Phi) is 8.65. The molecule has 0 aromatic heterocycles. The Hall–Kier alpha value is -3.09. The van der Waals surface area contributed by atoms with Crippen LogP contribution >= 0.6 is 0 Å². The Labute approximate surface area is 178 Å². The van der Waals surface area contributed by atoms with Crippen LogP contribution in [0.3, 0.4) is 0 Å². The molecule has 164 valence electrons. The number of hydrogen-bond donors (Lipinski definition) is 1. The van der Waals surface area contributed by atoms with Gasteiger partial charge >= 0.3 is 0 Å². The van der Waals surface area contributed by atoms with Gasteiger partial charge in [0.1, 0.15) is 0 Å². The molecule has 0 saturated heterocycles. The highest BCUT2D eigenvalue weighted by Gasteiger charge is 2.20. The first-order valence-electron chi connectivity index (χ1n) is 10.1. The minimum absolute atomic E-state index is 0.248. The molecule has 2 aromatic rings. The predicted molar refractivity (Wildman–Crippen MR) is 115 cm³/mol. The van der Waals surface area contributed by atoms with Gasteiger partial charge in [0.05, 0.1) is 40.1 Å². The Morgan fingerprint density at radius 3 is 1.90 bits per heavy atom. The van der Waals surface area contributed by atoms with Gasteiger partial charge in [-0.25, -0.2) is 0 Å². The monoisotopic (exact) mass is 417 g/mol. The average molecular weight is 418 g/mol. The van der Waals surface area contributed by atoms with Crippen molar-refractivity contribution in [2.75, 3.05) is 34.0 Å². The maximum absolute atomic E-state index is 13.0. The van der Waals surface area contributed by atoms with E-state index < -0.39 is 0 Å². The first kappa shape index (κ1) is 23.2. The molecule has 7 heteroatoms. The maximum atomic E-state index is 13.0. The number of amides is 1. The minimum atomic E-state index is -0.255. The number of nitrogens with one attached hydrogen (secondary N) is 1. The molecule has 1 atom stereocenters. The topological polar surface area (TPSA) is 75.3 Å². The molecule has 1 N–H and O–H groups in total. The maximum Gasteiger partial charge on any atom is 0.252 e. The van der Waals surface area contributed by atoms with Crippen LogP contribution in [-0.4, -0.2) is 39.9 Å². The summed E-state index contributed by atoms with van der Waals surface area (Å²) in [6.45, 7) is 8.89. The van der Waals surface area contributed by atoms with Gasteiger partial charge in [0.2, 0.25) is 5.75 Å². The van der Waals surface area contributed by atoms with E-state index in [0.717, 1.165) is 5.56 Å². The summed E-state index contributed by atoms with van der Waals surface area (Å²) in [6, 6.07) is 8.64. The van der Waals surface area contributed by atoms with Crippen LogP contribution in [0.15, 0.2) is 30.3 Å². The second-order valence-corrected chi connectivity index (χ2v) is 6.41. The number of carbonyl (C=O) groups excluding carboxylic acids is 1. The van der Waals surface area contributed by atoms with Gasteiger partial charge < -0.3 is 29.0 Å². The first-order chi connectivity index (χ1) is 14.5. The molecule has 0 radical (unpaired) electrons. The van der Waals surface area contributed by atoms with Crippen LogP contribution < -0.4 is 29.0 Å². The van der Waals surface area contributed by atoms with Gasteiger partial charge in [-0.1, -0.05) is 6.07 Å². The average Bonchev–Trinajstić information content (AvgIpc) is 2.75. The van der Waals surface area contributed by atoms with E-state index in [1.54, 1.807) is 26.4 Å². The van der Waals surface area contributed by atoms with Crippen LogP contribution in [0.2, 0.25) is 0 Å². The zero-order chi connectivity index (χ0) is 22.1. The molecule has 0 heterocycles. The van der Waals surface area contributed by atoms with Crippen molar-refractivity contribution in [1.82, 2.24) is 5.32 Å². The molecule has 0 bridgehead atoms. The van der Waals surface area contributed by atoms with Gasteiger partial charge in [-0.15, -0.1) is 0 Å². The van der Waals surface area contributed by atoms with Crippen LogP contribution in [0.25, 0.3) is 0 Å². The van der Waals surface area contributed by atoms with Crippen molar-refractivity contribution in [3.8, 4) is 28.7 Å². The van der Waals surface area contributed by atoms with Crippen molar-refractivity contribution in [3.63, 3.8) is 0 Å². The zero-order valence-electron chi connectivity index (χ0n) is 18.5. The highest BCUT2D eigenvalue weighted by Crippen LogP contribution is 2.39. The lowest BCUT2D eigenvalue weighted by molar-refractivity contribution is 0.0938. The van der Waals surface area contributed by atoms with Gasteiger partial charge in [0, 0.05) is 5.56 Å². The zero-order valence-corrected chi connectivity index (χ0v) is 18.5. The third-order valence-corrected chi connectivity index (χ3v) is 4.43. The van der Waals surface area contributed by atoms with Crippen molar-refractivity contribution in [2.24, 2.45) is 0 Å². The Morgan fingerprint density at radius 2 is 1.40 bits per heavy atom. The van der Waals surface area contributed by atoms with Crippen molar-refractivity contribution in [3.05, 3.63) is 41.5 Å². The van der Waals surface area contributed by atoms with E-state index in [-0.39, 0.29) is 11.9 Å². The number of methoxy groups -OCH3 is 2. The second kappa shape index (κ2) is 11.2. The van der Waals surface area contributed by atoms with Crippen LogP contribution in [-0.2, 0) is 0 Å². The minimum Gasteiger partial charge on any atom is -0.493 e. The number of ether oxygens (including phenoxy) is 5. The summed E-state index contributed by atoms with van der Waals surface area (Å²) in [5, 5.41) is 3.00. The van der Waals surface area contributed by atoms with Gasteiger partial charge in [0.15, 0.2) is 23.0 Å². The van der Waals surface area contributed by atoms with E-state index in [4.69, 9.17) is 23.7 Å².